The van der Waals surface area contributed by atoms with Crippen molar-refractivity contribution in [1.29, 1.82) is 0 Å². The Labute approximate surface area is 152 Å². The van der Waals surface area contributed by atoms with E-state index in [1.165, 1.54) is 11.8 Å². The van der Waals surface area contributed by atoms with Gasteiger partial charge in [-0.3, -0.25) is 0 Å². The minimum Gasteiger partial charge on any atom is -0.396 e. The van der Waals surface area contributed by atoms with Gasteiger partial charge in [-0.2, -0.15) is 0 Å². The van der Waals surface area contributed by atoms with Crippen molar-refractivity contribution in [2.45, 2.75) is 31.7 Å². The van der Waals surface area contributed by atoms with Crippen LogP contribution >= 0.6 is 23.4 Å². The normalized spacial score (nSPS) is 18.6. The van der Waals surface area contributed by atoms with E-state index in [4.69, 9.17) is 26.2 Å². The molecule has 0 aliphatic carbocycles. The van der Waals surface area contributed by atoms with E-state index in [1.807, 2.05) is 18.4 Å². The van der Waals surface area contributed by atoms with Gasteiger partial charge < -0.3 is 19.7 Å². The van der Waals surface area contributed by atoms with E-state index in [9.17, 15) is 5.11 Å². The lowest BCUT2D eigenvalue weighted by molar-refractivity contribution is -0.00422. The van der Waals surface area contributed by atoms with Crippen molar-refractivity contribution in [2.24, 2.45) is 0 Å². The van der Waals surface area contributed by atoms with E-state index in [1.54, 1.807) is 18.2 Å². The summed E-state index contributed by atoms with van der Waals surface area (Å²) in [6.45, 7) is 6.97. The standard InChI is InChI=1S/C18H23ClO4S/c1-13(12-24-14(2)17-22-9-10-23-17)18(21,7-4-8-20)15-5-3-6-16(19)11-15/h3,5-6,11-12,17,20-21H,2,4,7-10H2,1H3/b13-12+. The van der Waals surface area contributed by atoms with Crippen molar-refractivity contribution in [3.8, 4) is 0 Å². The van der Waals surface area contributed by atoms with E-state index < -0.39 is 11.9 Å². The van der Waals surface area contributed by atoms with Crippen molar-refractivity contribution in [3.05, 3.63) is 57.3 Å². The maximum absolute atomic E-state index is 11.2. The monoisotopic (exact) mass is 370 g/mol. The molecule has 2 rings (SSSR count). The van der Waals surface area contributed by atoms with E-state index in [-0.39, 0.29) is 6.61 Å². The zero-order valence-corrected chi connectivity index (χ0v) is 15.3. The Morgan fingerprint density at radius 3 is 2.79 bits per heavy atom. The minimum absolute atomic E-state index is 0.0137. The highest BCUT2D eigenvalue weighted by Crippen LogP contribution is 2.37. The summed E-state index contributed by atoms with van der Waals surface area (Å²) in [5.74, 6) is 0. The quantitative estimate of drug-likeness (QED) is 0.728. The third-order valence-corrected chi connectivity index (χ3v) is 5.12. The molecule has 1 aliphatic heterocycles. The molecule has 24 heavy (non-hydrogen) atoms. The van der Waals surface area contributed by atoms with Gasteiger partial charge in [0.25, 0.3) is 0 Å². The maximum Gasteiger partial charge on any atom is 0.189 e. The molecule has 0 spiro atoms. The highest BCUT2D eigenvalue weighted by atomic mass is 35.5. The Bertz CT molecular complexity index is 598. The maximum atomic E-state index is 11.2. The van der Waals surface area contributed by atoms with Gasteiger partial charge in [0.15, 0.2) is 6.29 Å². The second-order valence-electron chi connectivity index (χ2n) is 5.66. The summed E-state index contributed by atoms with van der Waals surface area (Å²) >= 11 is 7.45. The number of ether oxygens (including phenoxy) is 2. The molecule has 0 saturated carbocycles. The van der Waals surface area contributed by atoms with Crippen LogP contribution < -0.4 is 0 Å². The minimum atomic E-state index is -1.20. The predicted molar refractivity (Wildman–Crippen MR) is 97.8 cm³/mol. The molecule has 1 aromatic rings. The predicted octanol–water partition coefficient (Wildman–Crippen LogP) is 3.82. The van der Waals surface area contributed by atoms with Crippen LogP contribution in [0.1, 0.15) is 25.3 Å². The van der Waals surface area contributed by atoms with Gasteiger partial charge in [-0.25, -0.2) is 0 Å². The second kappa shape index (κ2) is 9.04. The summed E-state index contributed by atoms with van der Waals surface area (Å²) in [6, 6.07) is 7.16. The first-order valence-electron chi connectivity index (χ1n) is 7.82. The van der Waals surface area contributed by atoms with Gasteiger partial charge >= 0.3 is 0 Å². The summed E-state index contributed by atoms with van der Waals surface area (Å²) in [4.78, 5) is 0.738. The number of hydrogen-bond donors (Lipinski definition) is 2. The lowest BCUT2D eigenvalue weighted by Crippen LogP contribution is -2.27. The Hall–Kier alpha value is -0.820. The lowest BCUT2D eigenvalue weighted by atomic mass is 9.84. The fraction of sp³-hybridized carbons (Fsp3) is 0.444. The van der Waals surface area contributed by atoms with Crippen LogP contribution in [-0.2, 0) is 15.1 Å². The smallest absolute Gasteiger partial charge is 0.189 e. The number of benzene rings is 1. The zero-order chi connectivity index (χ0) is 17.6. The van der Waals surface area contributed by atoms with Gasteiger partial charge in [0.2, 0.25) is 0 Å². The van der Waals surface area contributed by atoms with Crippen LogP contribution in [0.15, 0.2) is 46.7 Å². The van der Waals surface area contributed by atoms with Gasteiger partial charge in [0.05, 0.1) is 13.2 Å². The topological polar surface area (TPSA) is 58.9 Å². The van der Waals surface area contributed by atoms with Gasteiger partial charge in [0.1, 0.15) is 5.60 Å². The molecule has 1 heterocycles. The van der Waals surface area contributed by atoms with Gasteiger partial charge in [-0.05, 0) is 48.4 Å². The molecule has 1 unspecified atom stereocenters. The molecule has 2 N–H and O–H groups in total. The molecule has 1 aromatic carbocycles. The fourth-order valence-corrected chi connectivity index (χ4v) is 3.47. The van der Waals surface area contributed by atoms with Gasteiger partial charge in [-0.15, -0.1) is 0 Å². The number of aliphatic hydroxyl groups is 2. The molecule has 132 valence electrons. The molecular weight excluding hydrogens is 348 g/mol. The van der Waals surface area contributed by atoms with Crippen LogP contribution in [-0.4, -0.2) is 36.3 Å². The number of thioether (sulfide) groups is 1. The molecule has 1 aliphatic rings. The number of halogens is 1. The van der Waals surface area contributed by atoms with Gasteiger partial charge in [-0.1, -0.05) is 42.1 Å². The van der Waals surface area contributed by atoms with E-state index in [0.29, 0.717) is 36.6 Å². The summed E-state index contributed by atoms with van der Waals surface area (Å²) in [5.41, 5.74) is 0.261. The molecule has 6 heteroatoms. The van der Waals surface area contributed by atoms with E-state index in [2.05, 4.69) is 6.58 Å². The summed E-state index contributed by atoms with van der Waals surface area (Å²) in [5, 5.41) is 22.8. The Kier molecular flexibility index (Phi) is 7.34. The average Bonchev–Trinajstić information content (AvgIpc) is 3.11. The highest BCUT2D eigenvalue weighted by Gasteiger charge is 2.31. The summed E-state index contributed by atoms with van der Waals surface area (Å²) < 4.78 is 10.8. The molecule has 0 bridgehead atoms. The van der Waals surface area contributed by atoms with Crippen LogP contribution in [0.3, 0.4) is 0 Å². The van der Waals surface area contributed by atoms with Crippen molar-refractivity contribution < 1.29 is 19.7 Å². The van der Waals surface area contributed by atoms with Crippen molar-refractivity contribution in [3.63, 3.8) is 0 Å². The van der Waals surface area contributed by atoms with E-state index in [0.717, 1.165) is 10.5 Å². The third kappa shape index (κ3) is 4.85. The molecule has 0 aromatic heterocycles. The number of aliphatic hydroxyl groups excluding tert-OH is 1. The number of hydrogen-bond acceptors (Lipinski definition) is 5. The first-order valence-corrected chi connectivity index (χ1v) is 9.08. The Morgan fingerprint density at radius 1 is 1.46 bits per heavy atom. The molecule has 0 radical (unpaired) electrons. The Balaban J connectivity index is 2.18. The van der Waals surface area contributed by atoms with Crippen LogP contribution in [0, 0.1) is 0 Å². The summed E-state index contributed by atoms with van der Waals surface area (Å²) in [6.07, 6.45) is 0.473. The molecule has 4 nitrogen and oxygen atoms in total. The van der Waals surface area contributed by atoms with Crippen LogP contribution in [0.25, 0.3) is 0 Å². The summed E-state index contributed by atoms with van der Waals surface area (Å²) in [7, 11) is 0. The average molecular weight is 371 g/mol. The third-order valence-electron chi connectivity index (χ3n) is 3.92. The molecule has 1 saturated heterocycles. The van der Waals surface area contributed by atoms with Crippen LogP contribution in [0.4, 0.5) is 0 Å². The molecule has 1 atom stereocenters. The molecule has 1 fully saturated rings. The molecular formula is C18H23ClO4S. The lowest BCUT2D eigenvalue weighted by Gasteiger charge is -2.30. The first kappa shape index (κ1) is 19.5. The van der Waals surface area contributed by atoms with Crippen molar-refractivity contribution in [2.75, 3.05) is 19.8 Å². The van der Waals surface area contributed by atoms with Crippen molar-refractivity contribution in [1.82, 2.24) is 0 Å². The van der Waals surface area contributed by atoms with Crippen molar-refractivity contribution >= 4 is 23.4 Å². The zero-order valence-electron chi connectivity index (χ0n) is 13.7. The van der Waals surface area contributed by atoms with Crippen LogP contribution in [0.5, 0.6) is 0 Å². The second-order valence-corrected chi connectivity index (χ2v) is 7.09. The van der Waals surface area contributed by atoms with Crippen LogP contribution in [0.2, 0.25) is 5.02 Å². The first-order chi connectivity index (χ1) is 11.5. The SMILES string of the molecule is C=C(S/C=C(\C)C(O)(CCCO)c1cccc(Cl)c1)C1OCCO1. The van der Waals surface area contributed by atoms with Gasteiger partial charge in [0, 0.05) is 16.5 Å². The largest absolute Gasteiger partial charge is 0.396 e. The Morgan fingerprint density at radius 2 is 2.17 bits per heavy atom. The van der Waals surface area contributed by atoms with E-state index >= 15 is 0 Å². The highest BCUT2D eigenvalue weighted by molar-refractivity contribution is 8.05. The number of rotatable bonds is 8. The fourth-order valence-electron chi connectivity index (χ4n) is 2.51. The molecule has 0 amide bonds.